The van der Waals surface area contributed by atoms with E-state index in [4.69, 9.17) is 14.7 Å². The summed E-state index contributed by atoms with van der Waals surface area (Å²) in [5.41, 5.74) is -0.304. The Morgan fingerprint density at radius 3 is 2.57 bits per heavy atom. The minimum atomic E-state index is -0.926. The molecule has 6 heteroatoms. The predicted molar refractivity (Wildman–Crippen MR) is 86.0 cm³/mol. The number of nitrogens with zero attached hydrogens (tertiary/aromatic N) is 1. The first-order valence-corrected chi connectivity index (χ1v) is 7.54. The van der Waals surface area contributed by atoms with Gasteiger partial charge in [-0.3, -0.25) is 9.59 Å². The zero-order valence-electron chi connectivity index (χ0n) is 13.9. The van der Waals surface area contributed by atoms with Gasteiger partial charge in [0.15, 0.2) is 0 Å². The number of anilines is 1. The van der Waals surface area contributed by atoms with Gasteiger partial charge in [0.25, 0.3) is 5.91 Å². The van der Waals surface area contributed by atoms with E-state index >= 15 is 0 Å². The van der Waals surface area contributed by atoms with Gasteiger partial charge in [0.1, 0.15) is 17.4 Å². The summed E-state index contributed by atoms with van der Waals surface area (Å²) in [7, 11) is 0. The molecule has 1 amide bonds. The summed E-state index contributed by atoms with van der Waals surface area (Å²) < 4.78 is 10.5. The van der Waals surface area contributed by atoms with Crippen molar-refractivity contribution in [2.75, 3.05) is 11.9 Å². The molecule has 0 saturated carbocycles. The number of amides is 1. The van der Waals surface area contributed by atoms with E-state index in [1.165, 1.54) is 19.1 Å². The van der Waals surface area contributed by atoms with Crippen LogP contribution in [0.25, 0.3) is 0 Å². The average molecular weight is 318 g/mol. The Morgan fingerprint density at radius 2 is 2.04 bits per heavy atom. The van der Waals surface area contributed by atoms with Crippen LogP contribution in [0.1, 0.15) is 46.1 Å². The lowest BCUT2D eigenvalue weighted by Crippen LogP contribution is -2.42. The number of rotatable bonds is 7. The van der Waals surface area contributed by atoms with Crippen LogP contribution in [0.5, 0.6) is 5.75 Å². The van der Waals surface area contributed by atoms with Crippen LogP contribution in [-0.2, 0) is 14.3 Å². The fraction of sp³-hybridized carbons (Fsp3) is 0.471. The Labute approximate surface area is 136 Å². The van der Waals surface area contributed by atoms with Crippen LogP contribution in [-0.4, -0.2) is 24.1 Å². The van der Waals surface area contributed by atoms with Crippen molar-refractivity contribution in [3.63, 3.8) is 0 Å². The molecule has 0 spiro atoms. The molecule has 0 unspecified atom stereocenters. The lowest BCUT2D eigenvalue weighted by molar-refractivity contribution is -0.139. The molecule has 0 radical (unpaired) electrons. The van der Waals surface area contributed by atoms with E-state index in [0.29, 0.717) is 18.7 Å². The number of hydrogen-bond donors (Lipinski definition) is 1. The number of ether oxygens (including phenoxy) is 2. The van der Waals surface area contributed by atoms with Gasteiger partial charge in [0, 0.05) is 19.2 Å². The van der Waals surface area contributed by atoms with Gasteiger partial charge in [-0.2, -0.15) is 5.26 Å². The lowest BCUT2D eigenvalue weighted by Gasteiger charge is -2.27. The molecule has 1 atom stereocenters. The van der Waals surface area contributed by atoms with Gasteiger partial charge < -0.3 is 14.8 Å². The van der Waals surface area contributed by atoms with Crippen molar-refractivity contribution < 1.29 is 19.1 Å². The summed E-state index contributed by atoms with van der Waals surface area (Å²) in [6.07, 6.45) is 1.39. The van der Waals surface area contributed by atoms with E-state index in [0.717, 1.165) is 6.42 Å². The Bertz CT molecular complexity index is 614. The molecule has 0 aromatic heterocycles. The van der Waals surface area contributed by atoms with Gasteiger partial charge in [0.2, 0.25) is 0 Å². The highest BCUT2D eigenvalue weighted by molar-refractivity contribution is 5.97. The summed E-state index contributed by atoms with van der Waals surface area (Å²) in [5, 5.41) is 11.9. The third-order valence-corrected chi connectivity index (χ3v) is 3.28. The molecule has 124 valence electrons. The van der Waals surface area contributed by atoms with Crippen molar-refractivity contribution in [3.05, 3.63) is 23.8 Å². The van der Waals surface area contributed by atoms with Crippen molar-refractivity contribution in [1.29, 1.82) is 5.26 Å². The number of nitriles is 1. The van der Waals surface area contributed by atoms with E-state index in [9.17, 15) is 9.59 Å². The maximum absolute atomic E-state index is 12.5. The second-order valence-electron chi connectivity index (χ2n) is 5.28. The number of carbonyl (C=O) groups is 2. The van der Waals surface area contributed by atoms with Gasteiger partial charge in [0.05, 0.1) is 5.56 Å². The Morgan fingerprint density at radius 1 is 1.35 bits per heavy atom. The molecule has 0 bridgehead atoms. The molecule has 0 fully saturated rings. The molecule has 0 aliphatic carbocycles. The first-order chi connectivity index (χ1) is 10.9. The Balaban J connectivity index is 2.98. The van der Waals surface area contributed by atoms with Gasteiger partial charge in [-0.15, -0.1) is 0 Å². The average Bonchev–Trinajstić information content (AvgIpc) is 2.48. The fourth-order valence-corrected chi connectivity index (χ4v) is 2.25. The van der Waals surface area contributed by atoms with Crippen LogP contribution in [0.4, 0.5) is 5.69 Å². The van der Waals surface area contributed by atoms with Crippen molar-refractivity contribution in [1.82, 2.24) is 0 Å². The molecule has 1 N–H and O–H groups in total. The first-order valence-electron chi connectivity index (χ1n) is 7.54. The van der Waals surface area contributed by atoms with Crippen LogP contribution in [0.15, 0.2) is 18.2 Å². The highest BCUT2D eigenvalue weighted by Gasteiger charge is 2.33. The zero-order valence-corrected chi connectivity index (χ0v) is 13.9. The summed E-state index contributed by atoms with van der Waals surface area (Å²) in [6.45, 7) is 7.25. The number of esters is 1. The Kier molecular flexibility index (Phi) is 6.73. The maximum Gasteiger partial charge on any atom is 0.308 e. The summed E-state index contributed by atoms with van der Waals surface area (Å²) in [6, 6.07) is 6.47. The zero-order chi connectivity index (χ0) is 17.5. The fourth-order valence-electron chi connectivity index (χ4n) is 2.25. The van der Waals surface area contributed by atoms with Crippen molar-refractivity contribution in [3.8, 4) is 11.8 Å². The van der Waals surface area contributed by atoms with E-state index in [1.54, 1.807) is 13.0 Å². The molecule has 1 aromatic carbocycles. The highest BCUT2D eigenvalue weighted by atomic mass is 16.5. The third kappa shape index (κ3) is 5.08. The number of nitrogens with one attached hydrogen (secondary N) is 1. The largest absolute Gasteiger partial charge is 0.425 e. The summed E-state index contributed by atoms with van der Waals surface area (Å²) >= 11 is 0. The van der Waals surface area contributed by atoms with Gasteiger partial charge in [-0.1, -0.05) is 13.3 Å². The third-order valence-electron chi connectivity index (χ3n) is 3.28. The van der Waals surface area contributed by atoms with Crippen LogP contribution in [0.2, 0.25) is 0 Å². The normalized spacial score (nSPS) is 12.8. The molecule has 0 saturated heterocycles. The molecular formula is C17H22N2O4. The topological polar surface area (TPSA) is 88.4 Å². The maximum atomic E-state index is 12.5. The van der Waals surface area contributed by atoms with Gasteiger partial charge in [-0.05, 0) is 38.5 Å². The highest BCUT2D eigenvalue weighted by Crippen LogP contribution is 2.25. The SMILES string of the molecule is CCC[C@](C)(OCC)C(=O)Nc1ccc(OC(C)=O)c(C#N)c1. The lowest BCUT2D eigenvalue weighted by atomic mass is 9.99. The molecule has 1 aromatic rings. The van der Waals surface area contributed by atoms with Crippen LogP contribution in [0, 0.1) is 11.3 Å². The monoisotopic (exact) mass is 318 g/mol. The van der Waals surface area contributed by atoms with Crippen molar-refractivity contribution in [2.24, 2.45) is 0 Å². The first kappa shape index (κ1) is 18.7. The molecule has 6 nitrogen and oxygen atoms in total. The second-order valence-corrected chi connectivity index (χ2v) is 5.28. The van der Waals surface area contributed by atoms with E-state index in [2.05, 4.69) is 5.32 Å². The van der Waals surface area contributed by atoms with Crippen LogP contribution < -0.4 is 10.1 Å². The van der Waals surface area contributed by atoms with E-state index in [1.807, 2.05) is 19.9 Å². The van der Waals surface area contributed by atoms with E-state index in [-0.39, 0.29) is 17.2 Å². The smallest absolute Gasteiger partial charge is 0.308 e. The van der Waals surface area contributed by atoms with Crippen molar-refractivity contribution in [2.45, 2.75) is 46.1 Å². The second kappa shape index (κ2) is 8.30. The molecule has 0 aliphatic rings. The van der Waals surface area contributed by atoms with Gasteiger partial charge >= 0.3 is 5.97 Å². The molecule has 0 heterocycles. The predicted octanol–water partition coefficient (Wildman–Crippen LogP) is 3.02. The Hall–Kier alpha value is -2.39. The standard InChI is InChI=1S/C17H22N2O4/c1-5-9-17(4,22-6-2)16(21)19-14-7-8-15(23-12(3)20)13(10-14)11-18/h7-8,10H,5-6,9H2,1-4H3,(H,19,21)/t17-/m0/s1. The van der Waals surface area contributed by atoms with Crippen LogP contribution in [0.3, 0.4) is 0 Å². The quantitative estimate of drug-likeness (QED) is 0.616. The molecular weight excluding hydrogens is 296 g/mol. The molecule has 1 rings (SSSR count). The number of hydrogen-bond acceptors (Lipinski definition) is 5. The minimum absolute atomic E-state index is 0.166. The van der Waals surface area contributed by atoms with Gasteiger partial charge in [-0.25, -0.2) is 0 Å². The number of carbonyl (C=O) groups excluding carboxylic acids is 2. The summed E-state index contributed by atoms with van der Waals surface area (Å²) in [4.78, 5) is 23.5. The van der Waals surface area contributed by atoms with Crippen molar-refractivity contribution >= 4 is 17.6 Å². The summed E-state index contributed by atoms with van der Waals surface area (Å²) in [5.74, 6) is -0.616. The van der Waals surface area contributed by atoms with Crippen LogP contribution >= 0.6 is 0 Å². The number of benzene rings is 1. The minimum Gasteiger partial charge on any atom is -0.425 e. The van der Waals surface area contributed by atoms with E-state index < -0.39 is 11.6 Å². The molecule has 23 heavy (non-hydrogen) atoms. The molecule has 0 aliphatic heterocycles.